The molecule has 0 fully saturated rings. The molecular formula is C21H21N3O2. The van der Waals surface area contributed by atoms with E-state index >= 15 is 0 Å². The van der Waals surface area contributed by atoms with Gasteiger partial charge in [0.15, 0.2) is 5.78 Å². The van der Waals surface area contributed by atoms with Crippen molar-refractivity contribution in [3.63, 3.8) is 0 Å². The fraction of sp³-hybridized carbons (Fsp3) is 0.190. The number of carbonyl (C=O) groups excluding carboxylic acids is 2. The zero-order valence-corrected chi connectivity index (χ0v) is 15.0. The highest BCUT2D eigenvalue weighted by Crippen LogP contribution is 2.24. The van der Waals surface area contributed by atoms with Crippen LogP contribution < -0.4 is 5.32 Å². The van der Waals surface area contributed by atoms with Crippen LogP contribution in [0.5, 0.6) is 0 Å². The molecule has 0 spiro atoms. The van der Waals surface area contributed by atoms with Gasteiger partial charge in [-0.3, -0.25) is 14.6 Å². The number of H-pyrrole nitrogens is 1. The van der Waals surface area contributed by atoms with Crippen molar-refractivity contribution in [1.82, 2.24) is 15.3 Å². The van der Waals surface area contributed by atoms with E-state index in [0.29, 0.717) is 11.3 Å². The summed E-state index contributed by atoms with van der Waals surface area (Å²) < 4.78 is 0. The van der Waals surface area contributed by atoms with Gasteiger partial charge in [0, 0.05) is 24.2 Å². The quantitative estimate of drug-likeness (QED) is 0.690. The van der Waals surface area contributed by atoms with Crippen LogP contribution in [-0.4, -0.2) is 21.7 Å². The number of rotatable bonds is 5. The van der Waals surface area contributed by atoms with Crippen LogP contribution in [0.2, 0.25) is 0 Å². The lowest BCUT2D eigenvalue weighted by Crippen LogP contribution is -2.29. The molecule has 0 bridgehead atoms. The molecule has 26 heavy (non-hydrogen) atoms. The Morgan fingerprint density at radius 1 is 1.08 bits per heavy atom. The van der Waals surface area contributed by atoms with Crippen LogP contribution in [0, 0.1) is 13.8 Å². The van der Waals surface area contributed by atoms with Crippen LogP contribution in [-0.2, 0) is 0 Å². The maximum atomic E-state index is 12.7. The molecule has 3 aromatic rings. The average Bonchev–Trinajstić information content (AvgIpc) is 3.10. The first-order chi connectivity index (χ1) is 12.4. The van der Waals surface area contributed by atoms with E-state index in [1.165, 1.54) is 6.92 Å². The molecular weight excluding hydrogens is 326 g/mol. The summed E-state index contributed by atoms with van der Waals surface area (Å²) in [6.45, 7) is 5.53. The number of Topliss-reactive ketones (excluding diaryl/α,β-unsaturated/α-hetero) is 1. The van der Waals surface area contributed by atoms with Crippen molar-refractivity contribution in [2.24, 2.45) is 0 Å². The second kappa shape index (κ2) is 7.35. The molecule has 0 unspecified atom stereocenters. The molecule has 2 aromatic heterocycles. The first kappa shape index (κ1) is 17.6. The van der Waals surface area contributed by atoms with E-state index in [-0.39, 0.29) is 17.7 Å². The normalized spacial score (nSPS) is 11.8. The number of aromatic amines is 1. The molecule has 0 aliphatic rings. The smallest absolute Gasteiger partial charge is 0.268 e. The number of hydrogen-bond acceptors (Lipinski definition) is 3. The fourth-order valence-electron chi connectivity index (χ4n) is 3.02. The predicted octanol–water partition coefficient (Wildman–Crippen LogP) is 3.75. The van der Waals surface area contributed by atoms with E-state index < -0.39 is 0 Å². The maximum Gasteiger partial charge on any atom is 0.268 e. The Kier molecular flexibility index (Phi) is 4.98. The predicted molar refractivity (Wildman–Crippen MR) is 100 cm³/mol. The molecule has 1 aromatic carbocycles. The average molecular weight is 347 g/mol. The Labute approximate surface area is 152 Å². The van der Waals surface area contributed by atoms with Gasteiger partial charge in [0.2, 0.25) is 0 Å². The Balaban J connectivity index is 1.95. The highest BCUT2D eigenvalue weighted by Gasteiger charge is 2.20. The highest BCUT2D eigenvalue weighted by atomic mass is 16.2. The van der Waals surface area contributed by atoms with Crippen molar-refractivity contribution < 1.29 is 9.59 Å². The number of benzene rings is 1. The van der Waals surface area contributed by atoms with E-state index in [4.69, 9.17) is 0 Å². The van der Waals surface area contributed by atoms with Gasteiger partial charge in [-0.25, -0.2) is 0 Å². The van der Waals surface area contributed by atoms with Gasteiger partial charge in [-0.15, -0.1) is 0 Å². The topological polar surface area (TPSA) is 74.8 Å². The number of ketones is 1. The summed E-state index contributed by atoms with van der Waals surface area (Å²) in [5, 5.41) is 3.05. The molecule has 2 N–H and O–H groups in total. The van der Waals surface area contributed by atoms with Crippen LogP contribution >= 0.6 is 0 Å². The molecule has 3 rings (SSSR count). The van der Waals surface area contributed by atoms with Gasteiger partial charge in [0.05, 0.1) is 6.04 Å². The number of aromatic nitrogens is 2. The van der Waals surface area contributed by atoms with Crippen LogP contribution in [0.1, 0.15) is 56.1 Å². The number of carbonyl (C=O) groups is 2. The zero-order valence-electron chi connectivity index (χ0n) is 15.0. The first-order valence-corrected chi connectivity index (χ1v) is 8.42. The Morgan fingerprint density at radius 2 is 1.81 bits per heavy atom. The third-order valence-corrected chi connectivity index (χ3v) is 4.20. The molecule has 0 saturated heterocycles. The van der Waals surface area contributed by atoms with Gasteiger partial charge >= 0.3 is 0 Å². The summed E-state index contributed by atoms with van der Waals surface area (Å²) in [6, 6.07) is 11.2. The molecule has 0 radical (unpaired) electrons. The summed E-state index contributed by atoms with van der Waals surface area (Å²) in [4.78, 5) is 31.2. The molecule has 0 aliphatic heterocycles. The Hall–Kier alpha value is -3.21. The van der Waals surface area contributed by atoms with Gasteiger partial charge in [-0.1, -0.05) is 35.4 Å². The number of aryl methyl sites for hydroxylation is 2. The Morgan fingerprint density at radius 3 is 2.38 bits per heavy atom. The van der Waals surface area contributed by atoms with Gasteiger partial charge in [0.25, 0.3) is 5.91 Å². The van der Waals surface area contributed by atoms with Crippen molar-refractivity contribution in [3.05, 3.63) is 88.5 Å². The van der Waals surface area contributed by atoms with E-state index in [0.717, 1.165) is 22.3 Å². The zero-order chi connectivity index (χ0) is 18.7. The number of pyridine rings is 1. The lowest BCUT2D eigenvalue weighted by Gasteiger charge is -2.20. The fourth-order valence-corrected chi connectivity index (χ4v) is 3.02. The van der Waals surface area contributed by atoms with Gasteiger partial charge in [0.1, 0.15) is 5.69 Å². The molecule has 1 amide bonds. The lowest BCUT2D eigenvalue weighted by molar-refractivity contribution is 0.0938. The number of nitrogens with zero attached hydrogens (tertiary/aromatic N) is 1. The number of nitrogens with one attached hydrogen (secondary N) is 2. The maximum absolute atomic E-state index is 12.7. The molecule has 132 valence electrons. The summed E-state index contributed by atoms with van der Waals surface area (Å²) in [5.74, 6) is -0.357. The molecule has 2 heterocycles. The monoisotopic (exact) mass is 347 g/mol. The van der Waals surface area contributed by atoms with Crippen LogP contribution in [0.3, 0.4) is 0 Å². The Bertz CT molecular complexity index is 925. The van der Waals surface area contributed by atoms with Crippen molar-refractivity contribution in [1.29, 1.82) is 0 Å². The first-order valence-electron chi connectivity index (χ1n) is 8.42. The highest BCUT2D eigenvalue weighted by molar-refractivity contribution is 5.99. The van der Waals surface area contributed by atoms with Crippen LogP contribution in [0.4, 0.5) is 0 Å². The third kappa shape index (κ3) is 3.88. The lowest BCUT2D eigenvalue weighted by atomic mass is 9.96. The van der Waals surface area contributed by atoms with Gasteiger partial charge in [-0.2, -0.15) is 0 Å². The van der Waals surface area contributed by atoms with Crippen LogP contribution in [0.25, 0.3) is 0 Å². The van der Waals surface area contributed by atoms with E-state index in [2.05, 4.69) is 33.5 Å². The van der Waals surface area contributed by atoms with Crippen molar-refractivity contribution in [3.8, 4) is 0 Å². The summed E-state index contributed by atoms with van der Waals surface area (Å²) in [7, 11) is 0. The van der Waals surface area contributed by atoms with Crippen molar-refractivity contribution >= 4 is 11.7 Å². The second-order valence-electron chi connectivity index (χ2n) is 6.47. The second-order valence-corrected chi connectivity index (χ2v) is 6.47. The van der Waals surface area contributed by atoms with Gasteiger partial charge < -0.3 is 10.3 Å². The molecule has 5 nitrogen and oxygen atoms in total. The SMILES string of the molecule is CC(=O)c1c[nH]c(C(=O)N[C@H](c2cccnc2)c2cc(C)cc(C)c2)c1. The minimum absolute atomic E-state index is 0.0848. The van der Waals surface area contributed by atoms with E-state index in [9.17, 15) is 9.59 Å². The van der Waals surface area contributed by atoms with Gasteiger partial charge in [-0.05, 0) is 44.0 Å². The third-order valence-electron chi connectivity index (χ3n) is 4.20. The minimum atomic E-state index is -0.334. The van der Waals surface area contributed by atoms with E-state index in [1.807, 2.05) is 26.0 Å². The van der Waals surface area contributed by atoms with Crippen molar-refractivity contribution in [2.45, 2.75) is 26.8 Å². The minimum Gasteiger partial charge on any atom is -0.356 e. The molecule has 5 heteroatoms. The summed E-state index contributed by atoms with van der Waals surface area (Å²) in [5.41, 5.74) is 4.98. The van der Waals surface area contributed by atoms with E-state index in [1.54, 1.807) is 24.7 Å². The summed E-state index contributed by atoms with van der Waals surface area (Å²) in [6.07, 6.45) is 5.00. The standard InChI is InChI=1S/C21H21N3O2/c1-13-7-14(2)9-17(8-13)20(16-5-4-6-22-11-16)24-21(26)19-10-18(12-23-19)15(3)25/h4-12,20,23H,1-3H3,(H,24,26)/t20-/m1/s1. The number of hydrogen-bond donors (Lipinski definition) is 2. The molecule has 1 atom stereocenters. The molecule has 0 saturated carbocycles. The summed E-state index contributed by atoms with van der Waals surface area (Å²) >= 11 is 0. The number of amides is 1. The largest absolute Gasteiger partial charge is 0.356 e. The van der Waals surface area contributed by atoms with Crippen molar-refractivity contribution in [2.75, 3.05) is 0 Å². The molecule has 0 aliphatic carbocycles. The van der Waals surface area contributed by atoms with Crippen LogP contribution in [0.15, 0.2) is 55.0 Å².